The highest BCUT2D eigenvalue weighted by molar-refractivity contribution is 5.81. The highest BCUT2D eigenvalue weighted by Crippen LogP contribution is 2.33. The summed E-state index contributed by atoms with van der Waals surface area (Å²) < 4.78 is 15.6. The number of halogens is 1. The molecule has 0 saturated carbocycles. The molecule has 0 radical (unpaired) electrons. The van der Waals surface area contributed by atoms with Crippen molar-refractivity contribution in [3.8, 4) is 34.0 Å². The first-order valence-corrected chi connectivity index (χ1v) is 13.5. The maximum atomic E-state index is 13.6. The van der Waals surface area contributed by atoms with Crippen molar-refractivity contribution in [1.29, 1.82) is 0 Å². The van der Waals surface area contributed by atoms with Gasteiger partial charge in [0.2, 0.25) is 5.78 Å². The lowest BCUT2D eigenvalue weighted by atomic mass is 9.95. The third-order valence-corrected chi connectivity index (χ3v) is 7.52. The lowest BCUT2D eigenvalue weighted by molar-refractivity contribution is 0.202. The van der Waals surface area contributed by atoms with Gasteiger partial charge in [0.1, 0.15) is 11.5 Å². The molecular weight excluding hydrogens is 503 g/mol. The molecule has 0 amide bonds. The van der Waals surface area contributed by atoms with Crippen molar-refractivity contribution < 1.29 is 4.39 Å². The van der Waals surface area contributed by atoms with E-state index in [1.807, 2.05) is 34.9 Å². The summed E-state index contributed by atoms with van der Waals surface area (Å²) >= 11 is 0. The summed E-state index contributed by atoms with van der Waals surface area (Å²) in [5.74, 6) is 2.30. The highest BCUT2D eigenvalue weighted by atomic mass is 19.1. The Labute approximate surface area is 230 Å². The van der Waals surface area contributed by atoms with Crippen LogP contribution in [0.25, 0.3) is 39.8 Å². The van der Waals surface area contributed by atoms with Gasteiger partial charge >= 0.3 is 0 Å². The first kappa shape index (κ1) is 24.3. The monoisotopic (exact) mass is 530 g/mol. The largest absolute Gasteiger partial charge is 0.299 e. The van der Waals surface area contributed by atoms with Gasteiger partial charge in [-0.15, -0.1) is 0 Å². The Morgan fingerprint density at radius 2 is 1.60 bits per heavy atom. The molecule has 4 aromatic heterocycles. The normalized spacial score (nSPS) is 14.6. The van der Waals surface area contributed by atoms with E-state index in [9.17, 15) is 4.39 Å². The van der Waals surface area contributed by atoms with Crippen LogP contribution in [0.3, 0.4) is 0 Å². The second-order valence-electron chi connectivity index (χ2n) is 10.1. The Hall–Kier alpha value is -4.76. The maximum absolute atomic E-state index is 13.6. The van der Waals surface area contributed by atoms with Crippen LogP contribution in [0.4, 0.5) is 4.39 Å². The van der Waals surface area contributed by atoms with Gasteiger partial charge in [-0.3, -0.25) is 19.4 Å². The fraction of sp³-hybridized carbons (Fsp3) is 0.194. The molecule has 5 heterocycles. The fourth-order valence-corrected chi connectivity index (χ4v) is 5.42. The highest BCUT2D eigenvalue weighted by Gasteiger charge is 2.24. The van der Waals surface area contributed by atoms with Crippen molar-refractivity contribution in [2.24, 2.45) is 0 Å². The lowest BCUT2D eigenvalue weighted by Crippen LogP contribution is -2.32. The van der Waals surface area contributed by atoms with E-state index >= 15 is 0 Å². The number of nitrogens with zero attached hydrogens (tertiary/aromatic N) is 7. The van der Waals surface area contributed by atoms with Gasteiger partial charge in [-0.1, -0.05) is 30.3 Å². The van der Waals surface area contributed by atoms with Crippen LogP contribution >= 0.6 is 0 Å². The number of likely N-dealkylation sites (tertiary alicyclic amines) is 1. The molecule has 0 bridgehead atoms. The number of hydrogen-bond donors (Lipinski definition) is 1. The first-order chi connectivity index (χ1) is 19.7. The van der Waals surface area contributed by atoms with Crippen LogP contribution < -0.4 is 0 Å². The summed E-state index contributed by atoms with van der Waals surface area (Å²) in [5.41, 5.74) is 5.68. The number of imidazole rings is 1. The number of aromatic amines is 1. The molecule has 0 unspecified atom stereocenters. The predicted molar refractivity (Wildman–Crippen MR) is 151 cm³/mol. The van der Waals surface area contributed by atoms with Gasteiger partial charge < -0.3 is 0 Å². The van der Waals surface area contributed by atoms with Gasteiger partial charge in [0, 0.05) is 42.2 Å². The minimum atomic E-state index is -0.263. The Balaban J connectivity index is 1.04. The number of H-pyrrole nitrogens is 1. The van der Waals surface area contributed by atoms with Gasteiger partial charge in [0.05, 0.1) is 11.4 Å². The summed E-state index contributed by atoms with van der Waals surface area (Å²) in [4.78, 5) is 20.8. The predicted octanol–water partition coefficient (Wildman–Crippen LogP) is 5.76. The quantitative estimate of drug-likeness (QED) is 0.295. The van der Waals surface area contributed by atoms with E-state index in [2.05, 4.69) is 49.3 Å². The number of aromatic nitrogens is 7. The van der Waals surface area contributed by atoms with Crippen LogP contribution in [0, 0.1) is 5.82 Å². The molecule has 6 aromatic rings. The SMILES string of the molecule is Fc1ccc(-c2c(-c3ccc(CN4CCC(c5n[nH]c(-c6ccccn6)n5)CC4)cc3)nc3ncccn23)cc1. The molecule has 0 spiro atoms. The van der Waals surface area contributed by atoms with Crippen LogP contribution in [-0.2, 0) is 6.54 Å². The molecular formula is C31H27FN8. The molecule has 8 nitrogen and oxygen atoms in total. The zero-order valence-electron chi connectivity index (χ0n) is 21.8. The number of piperidine rings is 1. The number of pyridine rings is 1. The van der Waals surface area contributed by atoms with Crippen molar-refractivity contribution in [2.45, 2.75) is 25.3 Å². The van der Waals surface area contributed by atoms with E-state index in [4.69, 9.17) is 9.97 Å². The van der Waals surface area contributed by atoms with Crippen molar-refractivity contribution in [3.05, 3.63) is 109 Å². The molecule has 0 atom stereocenters. The van der Waals surface area contributed by atoms with Crippen molar-refractivity contribution in [2.75, 3.05) is 13.1 Å². The molecule has 1 aliphatic rings. The Morgan fingerprint density at radius 3 is 2.38 bits per heavy atom. The van der Waals surface area contributed by atoms with Crippen LogP contribution in [0.15, 0.2) is 91.4 Å². The summed E-state index contributed by atoms with van der Waals surface area (Å²) in [7, 11) is 0. The van der Waals surface area contributed by atoms with Crippen molar-refractivity contribution >= 4 is 5.78 Å². The second kappa shape index (κ2) is 10.4. The van der Waals surface area contributed by atoms with Crippen LogP contribution in [0.1, 0.15) is 30.1 Å². The number of hydrogen-bond acceptors (Lipinski definition) is 6. The average Bonchev–Trinajstić information content (AvgIpc) is 3.65. The van der Waals surface area contributed by atoms with E-state index in [1.54, 1.807) is 24.5 Å². The summed E-state index contributed by atoms with van der Waals surface area (Å²) in [6.45, 7) is 2.87. The van der Waals surface area contributed by atoms with Crippen LogP contribution in [0.5, 0.6) is 0 Å². The third-order valence-electron chi connectivity index (χ3n) is 7.52. The zero-order valence-corrected chi connectivity index (χ0v) is 21.8. The van der Waals surface area contributed by atoms with Gasteiger partial charge in [-0.25, -0.2) is 19.3 Å². The fourth-order valence-electron chi connectivity index (χ4n) is 5.42. The molecule has 2 aromatic carbocycles. The van der Waals surface area contributed by atoms with E-state index in [1.165, 1.54) is 17.7 Å². The molecule has 9 heteroatoms. The van der Waals surface area contributed by atoms with Crippen LogP contribution in [-0.4, -0.2) is 52.5 Å². The lowest BCUT2D eigenvalue weighted by Gasteiger charge is -2.30. The Kier molecular flexibility index (Phi) is 6.33. The number of rotatable bonds is 6. The van der Waals surface area contributed by atoms with Crippen LogP contribution in [0.2, 0.25) is 0 Å². The molecule has 0 aliphatic carbocycles. The summed E-state index contributed by atoms with van der Waals surface area (Å²) in [5, 5.41) is 7.54. The van der Waals surface area contributed by atoms with Gasteiger partial charge in [-0.05, 0) is 74.0 Å². The average molecular weight is 531 g/mol. The molecule has 1 N–H and O–H groups in total. The van der Waals surface area contributed by atoms with Crippen molar-refractivity contribution in [3.63, 3.8) is 0 Å². The van der Waals surface area contributed by atoms with E-state index < -0.39 is 0 Å². The smallest absolute Gasteiger partial charge is 0.234 e. The third kappa shape index (κ3) is 4.76. The van der Waals surface area contributed by atoms with Gasteiger partial charge in [0.25, 0.3) is 0 Å². The van der Waals surface area contributed by atoms with Gasteiger partial charge in [-0.2, -0.15) is 5.10 Å². The Bertz CT molecular complexity index is 1730. The van der Waals surface area contributed by atoms with Gasteiger partial charge in [0.15, 0.2) is 11.6 Å². The molecule has 1 fully saturated rings. The molecule has 198 valence electrons. The van der Waals surface area contributed by atoms with E-state index in [-0.39, 0.29) is 5.82 Å². The van der Waals surface area contributed by atoms with Crippen molar-refractivity contribution in [1.82, 2.24) is 39.4 Å². The molecule has 1 aliphatic heterocycles. The molecule has 1 saturated heterocycles. The second-order valence-corrected chi connectivity index (χ2v) is 10.1. The standard InChI is InChI=1S/C31H27FN8/c32-25-11-9-23(10-12-25)28-27(35-31-34-16-3-17-40(28)31)22-7-5-21(6-8-22)20-39-18-13-24(14-19-39)29-36-30(38-37-29)26-4-1-2-15-33-26/h1-12,15-17,24H,13-14,18-20H2,(H,36,37,38). The van der Waals surface area contributed by atoms with E-state index in [0.717, 1.165) is 72.3 Å². The molecule has 40 heavy (non-hydrogen) atoms. The Morgan fingerprint density at radius 1 is 0.825 bits per heavy atom. The minimum absolute atomic E-state index is 0.263. The topological polar surface area (TPSA) is 87.9 Å². The summed E-state index contributed by atoms with van der Waals surface area (Å²) in [6.07, 6.45) is 7.48. The van der Waals surface area contributed by atoms with E-state index in [0.29, 0.717) is 11.7 Å². The zero-order chi connectivity index (χ0) is 26.9. The first-order valence-electron chi connectivity index (χ1n) is 13.5. The molecule has 7 rings (SSSR count). The maximum Gasteiger partial charge on any atom is 0.234 e. The minimum Gasteiger partial charge on any atom is -0.299 e. The number of fused-ring (bicyclic) bond motifs is 1. The summed E-state index contributed by atoms with van der Waals surface area (Å²) in [6, 6.07) is 22.7. The number of nitrogens with one attached hydrogen (secondary N) is 1. The number of benzene rings is 2.